The van der Waals surface area contributed by atoms with Crippen LogP contribution in [0, 0.1) is 0 Å². The third kappa shape index (κ3) is 6.84. The molecule has 108 valence electrons. The molecule has 0 spiro atoms. The van der Waals surface area contributed by atoms with Gasteiger partial charge in [-0.2, -0.15) is 8.42 Å². The normalized spacial score (nSPS) is 13.6. The molecular formula is C9H18FNO6S. The van der Waals surface area contributed by atoms with E-state index in [9.17, 15) is 17.6 Å². The van der Waals surface area contributed by atoms with Crippen LogP contribution in [-0.4, -0.2) is 56.5 Å². The van der Waals surface area contributed by atoms with Gasteiger partial charge in [-0.1, -0.05) is 6.92 Å². The van der Waals surface area contributed by atoms with Gasteiger partial charge in [0.2, 0.25) is 0 Å². The molecule has 0 fully saturated rings. The van der Waals surface area contributed by atoms with Crippen LogP contribution < -0.4 is 0 Å². The number of aliphatic hydroxyl groups excluding tert-OH is 1. The van der Waals surface area contributed by atoms with Crippen LogP contribution >= 0.6 is 0 Å². The number of hydrogen-bond donors (Lipinski definition) is 1. The van der Waals surface area contributed by atoms with Crippen LogP contribution in [0.4, 0.5) is 4.39 Å². The van der Waals surface area contributed by atoms with Gasteiger partial charge in [0.15, 0.2) is 0 Å². The van der Waals surface area contributed by atoms with Gasteiger partial charge in [0.25, 0.3) is 0 Å². The van der Waals surface area contributed by atoms with Crippen molar-refractivity contribution in [3.05, 3.63) is 0 Å². The number of carbonyl (C=O) groups is 1. The smallest absolute Gasteiger partial charge is 0.385 e. The SMILES string of the molecule is CCCOCN(CC(C)F)S(=O)(=O)OC(=O)CO. The van der Waals surface area contributed by atoms with Crippen molar-refractivity contribution in [3.63, 3.8) is 0 Å². The fraction of sp³-hybridized carbons (Fsp3) is 0.889. The zero-order chi connectivity index (χ0) is 14.2. The molecule has 0 heterocycles. The fourth-order valence-corrected chi connectivity index (χ4v) is 1.98. The molecule has 0 aliphatic carbocycles. The number of carbonyl (C=O) groups excluding carboxylic acids is 1. The third-order valence-corrected chi connectivity index (χ3v) is 2.97. The highest BCUT2D eigenvalue weighted by atomic mass is 32.2. The quantitative estimate of drug-likeness (QED) is 0.467. The Morgan fingerprint density at radius 2 is 2.11 bits per heavy atom. The van der Waals surface area contributed by atoms with E-state index in [0.717, 1.165) is 6.92 Å². The second kappa shape index (κ2) is 8.35. The molecular weight excluding hydrogens is 269 g/mol. The van der Waals surface area contributed by atoms with Crippen LogP contribution in [0.2, 0.25) is 0 Å². The van der Waals surface area contributed by atoms with Crippen molar-refractivity contribution in [1.82, 2.24) is 4.31 Å². The highest BCUT2D eigenvalue weighted by Gasteiger charge is 2.28. The number of halogens is 1. The maximum absolute atomic E-state index is 12.9. The number of rotatable bonds is 9. The predicted octanol–water partition coefficient (Wildman–Crippen LogP) is -0.189. The molecule has 1 atom stereocenters. The molecule has 0 aromatic carbocycles. The molecule has 0 saturated heterocycles. The van der Waals surface area contributed by atoms with Crippen LogP contribution in [0.3, 0.4) is 0 Å². The Labute approximate surface area is 106 Å². The maximum atomic E-state index is 12.9. The Kier molecular flexibility index (Phi) is 8.00. The van der Waals surface area contributed by atoms with Gasteiger partial charge in [0, 0.05) is 6.61 Å². The number of hydrogen-bond acceptors (Lipinski definition) is 6. The van der Waals surface area contributed by atoms with Gasteiger partial charge < -0.3 is 14.0 Å². The van der Waals surface area contributed by atoms with E-state index in [1.807, 2.05) is 6.92 Å². The molecule has 0 aromatic heterocycles. The molecule has 7 nitrogen and oxygen atoms in total. The summed E-state index contributed by atoms with van der Waals surface area (Å²) in [4.78, 5) is 10.7. The van der Waals surface area contributed by atoms with E-state index in [-0.39, 0.29) is 0 Å². The first-order valence-corrected chi connectivity index (χ1v) is 6.75. The zero-order valence-electron chi connectivity index (χ0n) is 10.3. The summed E-state index contributed by atoms with van der Waals surface area (Å²) in [5, 5.41) is 8.41. The van der Waals surface area contributed by atoms with Crippen molar-refractivity contribution in [3.8, 4) is 0 Å². The Morgan fingerprint density at radius 3 is 2.56 bits per heavy atom. The molecule has 0 aliphatic rings. The molecule has 1 unspecified atom stereocenters. The Bertz CT molecular complexity index is 345. The lowest BCUT2D eigenvalue weighted by Gasteiger charge is -2.21. The van der Waals surface area contributed by atoms with E-state index in [1.165, 1.54) is 0 Å². The van der Waals surface area contributed by atoms with Crippen molar-refractivity contribution < 1.29 is 31.6 Å². The highest BCUT2D eigenvalue weighted by Crippen LogP contribution is 2.07. The lowest BCUT2D eigenvalue weighted by atomic mass is 10.4. The molecule has 0 aliphatic heterocycles. The molecule has 18 heavy (non-hydrogen) atoms. The first kappa shape index (κ1) is 17.2. The molecule has 0 bridgehead atoms. The largest absolute Gasteiger partial charge is 0.389 e. The first-order valence-electron chi connectivity index (χ1n) is 5.38. The Hall–Kier alpha value is -0.770. The van der Waals surface area contributed by atoms with Gasteiger partial charge in [-0.15, -0.1) is 4.31 Å². The molecule has 0 rings (SSSR count). The van der Waals surface area contributed by atoms with Crippen molar-refractivity contribution in [2.45, 2.75) is 26.4 Å². The molecule has 0 saturated carbocycles. The van der Waals surface area contributed by atoms with E-state index >= 15 is 0 Å². The highest BCUT2D eigenvalue weighted by molar-refractivity contribution is 7.84. The summed E-state index contributed by atoms with van der Waals surface area (Å²) < 4.78 is 45.5. The van der Waals surface area contributed by atoms with Crippen LogP contribution in [0.25, 0.3) is 0 Å². The van der Waals surface area contributed by atoms with Crippen LogP contribution in [0.1, 0.15) is 20.3 Å². The second-order valence-corrected chi connectivity index (χ2v) is 5.06. The zero-order valence-corrected chi connectivity index (χ0v) is 11.2. The van der Waals surface area contributed by atoms with Gasteiger partial charge in [-0.3, -0.25) is 0 Å². The number of ether oxygens (including phenoxy) is 1. The third-order valence-electron chi connectivity index (χ3n) is 1.68. The van der Waals surface area contributed by atoms with Gasteiger partial charge >= 0.3 is 16.3 Å². The number of alkyl halides is 1. The lowest BCUT2D eigenvalue weighted by molar-refractivity contribution is -0.137. The van der Waals surface area contributed by atoms with Gasteiger partial charge in [-0.25, -0.2) is 9.18 Å². The van der Waals surface area contributed by atoms with Gasteiger partial charge in [0.1, 0.15) is 19.5 Å². The Balaban J connectivity index is 4.65. The molecule has 0 aromatic rings. The molecule has 0 radical (unpaired) electrons. The summed E-state index contributed by atoms with van der Waals surface area (Å²) in [6.07, 6.45) is -0.784. The van der Waals surface area contributed by atoms with E-state index in [1.54, 1.807) is 0 Å². The van der Waals surface area contributed by atoms with Crippen molar-refractivity contribution in [2.24, 2.45) is 0 Å². The first-order chi connectivity index (χ1) is 8.33. The van der Waals surface area contributed by atoms with Crippen molar-refractivity contribution in [2.75, 3.05) is 26.5 Å². The standard InChI is InChI=1S/C9H18FNO6S/c1-3-4-16-7-11(5-8(2)10)18(14,15)17-9(13)6-12/h8,12H,3-7H2,1-2H3. The van der Waals surface area contributed by atoms with Crippen molar-refractivity contribution >= 4 is 16.3 Å². The average molecular weight is 287 g/mol. The summed E-state index contributed by atoms with van der Waals surface area (Å²) in [5.74, 6) is -1.33. The lowest BCUT2D eigenvalue weighted by Crippen LogP contribution is -2.39. The van der Waals surface area contributed by atoms with Crippen LogP contribution in [0.15, 0.2) is 0 Å². The summed E-state index contributed by atoms with van der Waals surface area (Å²) in [7, 11) is -4.45. The average Bonchev–Trinajstić information content (AvgIpc) is 2.26. The molecule has 9 heteroatoms. The Morgan fingerprint density at radius 1 is 1.50 bits per heavy atom. The summed E-state index contributed by atoms with van der Waals surface area (Å²) in [6.45, 7) is 1.29. The van der Waals surface area contributed by atoms with E-state index in [0.29, 0.717) is 17.3 Å². The molecule has 0 amide bonds. The number of aliphatic hydroxyl groups is 1. The maximum Gasteiger partial charge on any atom is 0.389 e. The minimum atomic E-state index is -4.45. The van der Waals surface area contributed by atoms with E-state index < -0.39 is 42.3 Å². The minimum absolute atomic E-state index is 0.292. The summed E-state index contributed by atoms with van der Waals surface area (Å²) in [5.41, 5.74) is 0. The number of nitrogens with zero attached hydrogens (tertiary/aromatic N) is 1. The summed E-state index contributed by atoms with van der Waals surface area (Å²) >= 11 is 0. The minimum Gasteiger partial charge on any atom is -0.385 e. The fourth-order valence-electron chi connectivity index (χ4n) is 0.996. The van der Waals surface area contributed by atoms with E-state index in [2.05, 4.69) is 4.18 Å². The summed E-state index contributed by atoms with van der Waals surface area (Å²) in [6, 6.07) is 0. The van der Waals surface area contributed by atoms with Gasteiger partial charge in [0.05, 0.1) is 6.54 Å². The van der Waals surface area contributed by atoms with Crippen LogP contribution in [0.5, 0.6) is 0 Å². The second-order valence-electron chi connectivity index (χ2n) is 3.52. The monoisotopic (exact) mass is 287 g/mol. The topological polar surface area (TPSA) is 93.1 Å². The van der Waals surface area contributed by atoms with Crippen LogP contribution in [-0.2, 0) is 24.0 Å². The predicted molar refractivity (Wildman–Crippen MR) is 60.5 cm³/mol. The van der Waals surface area contributed by atoms with Crippen molar-refractivity contribution in [1.29, 1.82) is 0 Å². The van der Waals surface area contributed by atoms with E-state index in [4.69, 9.17) is 9.84 Å². The van der Waals surface area contributed by atoms with Gasteiger partial charge in [-0.05, 0) is 13.3 Å². The molecule has 1 N–H and O–H groups in total.